The monoisotopic (exact) mass is 622 g/mol. The molecule has 0 radical (unpaired) electrons. The molecule has 8 nitrogen and oxygen atoms in total. The highest BCUT2D eigenvalue weighted by Crippen LogP contribution is 2.44. The summed E-state index contributed by atoms with van der Waals surface area (Å²) in [5.41, 5.74) is 5.77. The number of piperazine rings is 1. The van der Waals surface area contributed by atoms with Gasteiger partial charge in [0.2, 0.25) is 9.05 Å². The second-order valence-corrected chi connectivity index (χ2v) is 15.3. The average molecular weight is 623 g/mol. The van der Waals surface area contributed by atoms with E-state index in [-0.39, 0.29) is 24.4 Å². The first-order valence-electron chi connectivity index (χ1n) is 14.6. The van der Waals surface area contributed by atoms with E-state index in [1.165, 1.54) is 22.3 Å². The molecule has 2 fully saturated rings. The molecule has 11 heteroatoms. The Balaban J connectivity index is 1.13. The van der Waals surface area contributed by atoms with Crippen LogP contribution in [0.3, 0.4) is 0 Å². The van der Waals surface area contributed by atoms with Crippen LogP contribution in [0.5, 0.6) is 0 Å². The van der Waals surface area contributed by atoms with Crippen LogP contribution in [-0.4, -0.2) is 70.5 Å². The van der Waals surface area contributed by atoms with E-state index in [2.05, 4.69) is 29.2 Å². The van der Waals surface area contributed by atoms with Gasteiger partial charge in [0.1, 0.15) is 6.61 Å². The van der Waals surface area contributed by atoms with Crippen molar-refractivity contribution in [1.82, 2.24) is 4.90 Å². The van der Waals surface area contributed by atoms with Gasteiger partial charge in [0.15, 0.2) is 0 Å². The molecule has 3 aliphatic rings. The third kappa shape index (κ3) is 6.03. The fourth-order valence-corrected chi connectivity index (χ4v) is 7.06. The molecule has 43 heavy (non-hydrogen) atoms. The van der Waals surface area contributed by atoms with E-state index >= 15 is 0 Å². The lowest BCUT2D eigenvalue weighted by molar-refractivity contribution is 0.00578. The van der Waals surface area contributed by atoms with Crippen molar-refractivity contribution in [3.8, 4) is 11.1 Å². The molecule has 1 aliphatic carbocycles. The zero-order valence-electron chi connectivity index (χ0n) is 24.9. The average Bonchev–Trinajstić information content (AvgIpc) is 3.39. The maximum absolute atomic E-state index is 13.2. The Bertz CT molecular complexity index is 1590. The van der Waals surface area contributed by atoms with Gasteiger partial charge in [-0.1, -0.05) is 54.6 Å². The standard InChI is InChI=1S/C32H36BClN2O6S/c1-31(2)32(3,4)42-33(41-31)23-17-22(21-43(34,38)39)18-24(19-23)35-13-15-36(16-14-35)30(37)40-20-29-27-11-7-5-9-25(27)26-10-6-8-12-28(26)29/h5-12,17-19,29H,13-16,20-21H2,1-4H3. The lowest BCUT2D eigenvalue weighted by Gasteiger charge is -2.36. The molecule has 0 spiro atoms. The Morgan fingerprint density at radius 2 is 1.47 bits per heavy atom. The summed E-state index contributed by atoms with van der Waals surface area (Å²) < 4.78 is 42.3. The topological polar surface area (TPSA) is 85.4 Å². The fraction of sp³-hybridized carbons (Fsp3) is 0.406. The first kappa shape index (κ1) is 30.0. The van der Waals surface area contributed by atoms with Gasteiger partial charge in [-0.05, 0) is 73.1 Å². The molecule has 3 aromatic carbocycles. The zero-order valence-corrected chi connectivity index (χ0v) is 26.5. The predicted molar refractivity (Wildman–Crippen MR) is 169 cm³/mol. The van der Waals surface area contributed by atoms with Gasteiger partial charge in [-0.15, -0.1) is 0 Å². The van der Waals surface area contributed by atoms with Crippen molar-refractivity contribution in [2.75, 3.05) is 37.7 Å². The largest absolute Gasteiger partial charge is 0.494 e. The number of fused-ring (bicyclic) bond motifs is 3. The normalized spacial score (nSPS) is 19.3. The molecule has 0 unspecified atom stereocenters. The van der Waals surface area contributed by atoms with Crippen LogP contribution in [0.4, 0.5) is 10.5 Å². The first-order valence-corrected chi connectivity index (χ1v) is 17.1. The van der Waals surface area contributed by atoms with Crippen LogP contribution >= 0.6 is 10.7 Å². The first-order chi connectivity index (χ1) is 20.3. The second-order valence-electron chi connectivity index (χ2n) is 12.5. The molecule has 3 aromatic rings. The van der Waals surface area contributed by atoms with Crippen molar-refractivity contribution in [1.29, 1.82) is 0 Å². The van der Waals surface area contributed by atoms with Gasteiger partial charge in [-0.25, -0.2) is 13.2 Å². The molecule has 0 atom stereocenters. The number of amides is 1. The molecule has 0 saturated carbocycles. The molecule has 226 valence electrons. The molecule has 2 aliphatic heterocycles. The number of hydrogen-bond acceptors (Lipinski definition) is 7. The molecular weight excluding hydrogens is 587 g/mol. The number of rotatable bonds is 6. The van der Waals surface area contributed by atoms with Crippen LogP contribution in [0.1, 0.15) is 50.3 Å². The highest BCUT2D eigenvalue weighted by Gasteiger charge is 2.52. The van der Waals surface area contributed by atoms with Gasteiger partial charge in [-0.2, -0.15) is 0 Å². The molecule has 0 N–H and O–H groups in total. The van der Waals surface area contributed by atoms with Crippen LogP contribution in [0.2, 0.25) is 0 Å². The summed E-state index contributed by atoms with van der Waals surface area (Å²) in [6, 6.07) is 22.1. The van der Waals surface area contributed by atoms with Gasteiger partial charge >= 0.3 is 13.2 Å². The van der Waals surface area contributed by atoms with E-state index in [0.717, 1.165) is 11.2 Å². The van der Waals surface area contributed by atoms with Crippen LogP contribution < -0.4 is 10.4 Å². The van der Waals surface area contributed by atoms with Crippen LogP contribution in [0.25, 0.3) is 11.1 Å². The number of nitrogens with zero attached hydrogens (tertiary/aromatic N) is 2. The van der Waals surface area contributed by atoms with Crippen molar-refractivity contribution in [2.45, 2.75) is 50.6 Å². The molecule has 2 saturated heterocycles. The molecule has 2 heterocycles. The molecule has 1 amide bonds. The Morgan fingerprint density at radius 3 is 2.02 bits per heavy atom. The summed E-state index contributed by atoms with van der Waals surface area (Å²) >= 11 is 0. The SMILES string of the molecule is CC1(C)OB(c2cc(CS(=O)(=O)Cl)cc(N3CCN(C(=O)OCC4c5ccccc5-c5ccccc54)CC3)c2)OC1(C)C. The zero-order chi connectivity index (χ0) is 30.6. The number of carbonyl (C=O) groups excluding carboxylic acids is 1. The number of hydrogen-bond donors (Lipinski definition) is 0. The van der Waals surface area contributed by atoms with Crippen LogP contribution in [0, 0.1) is 0 Å². The Labute approximate surface area is 258 Å². The summed E-state index contributed by atoms with van der Waals surface area (Å²) in [6.07, 6.45) is -0.332. The van der Waals surface area contributed by atoms with Crippen molar-refractivity contribution >= 4 is 44.1 Å². The van der Waals surface area contributed by atoms with Crippen molar-refractivity contribution in [3.05, 3.63) is 83.4 Å². The molecule has 0 bridgehead atoms. The van der Waals surface area contributed by atoms with Gasteiger partial charge < -0.3 is 23.8 Å². The highest BCUT2D eigenvalue weighted by atomic mass is 35.7. The van der Waals surface area contributed by atoms with Gasteiger partial charge in [0.05, 0.1) is 17.0 Å². The van der Waals surface area contributed by atoms with E-state index < -0.39 is 27.4 Å². The van der Waals surface area contributed by atoms with E-state index in [4.69, 9.17) is 24.7 Å². The van der Waals surface area contributed by atoms with E-state index in [1.807, 2.05) is 64.1 Å². The maximum Gasteiger partial charge on any atom is 0.494 e. The van der Waals surface area contributed by atoms with E-state index in [0.29, 0.717) is 31.7 Å². The predicted octanol–water partition coefficient (Wildman–Crippen LogP) is 5.13. The van der Waals surface area contributed by atoms with Crippen LogP contribution in [-0.2, 0) is 28.8 Å². The smallest absolute Gasteiger partial charge is 0.448 e. The lowest BCUT2D eigenvalue weighted by Crippen LogP contribution is -2.49. The van der Waals surface area contributed by atoms with E-state index in [1.54, 1.807) is 11.0 Å². The van der Waals surface area contributed by atoms with Crippen molar-refractivity contribution < 1.29 is 27.3 Å². The Hall–Kier alpha value is -3.05. The maximum atomic E-state index is 13.2. The lowest BCUT2D eigenvalue weighted by atomic mass is 9.78. The number of anilines is 1. The molecule has 6 rings (SSSR count). The Morgan fingerprint density at radius 1 is 0.907 bits per heavy atom. The number of benzene rings is 3. The minimum absolute atomic E-state index is 0.00647. The summed E-state index contributed by atoms with van der Waals surface area (Å²) in [4.78, 5) is 17.0. The minimum atomic E-state index is -3.78. The van der Waals surface area contributed by atoms with Gasteiger partial charge in [-0.3, -0.25) is 0 Å². The van der Waals surface area contributed by atoms with Crippen molar-refractivity contribution in [2.24, 2.45) is 0 Å². The second kappa shape index (κ2) is 11.1. The quantitative estimate of drug-likeness (QED) is 0.279. The van der Waals surface area contributed by atoms with Crippen LogP contribution in [0.15, 0.2) is 66.7 Å². The minimum Gasteiger partial charge on any atom is -0.448 e. The van der Waals surface area contributed by atoms with Crippen molar-refractivity contribution in [3.63, 3.8) is 0 Å². The summed E-state index contributed by atoms with van der Waals surface area (Å²) in [7, 11) is 1.21. The van der Waals surface area contributed by atoms with Gasteiger partial charge in [0.25, 0.3) is 0 Å². The number of ether oxygens (including phenoxy) is 1. The third-order valence-electron chi connectivity index (χ3n) is 9.10. The van der Waals surface area contributed by atoms with Gasteiger partial charge in [0, 0.05) is 48.5 Å². The molecular formula is C32H36BClN2O6S. The number of halogens is 1. The summed E-state index contributed by atoms with van der Waals surface area (Å²) in [5, 5.41) is 0. The van der Waals surface area contributed by atoms with E-state index in [9.17, 15) is 13.2 Å². The summed E-state index contributed by atoms with van der Waals surface area (Å²) in [6.45, 7) is 10.2. The Kier molecular flexibility index (Phi) is 7.78. The number of carbonyl (C=O) groups is 1. The fourth-order valence-electron chi connectivity index (χ4n) is 6.11. The third-order valence-corrected chi connectivity index (χ3v) is 10.1. The molecule has 0 aromatic heterocycles. The highest BCUT2D eigenvalue weighted by molar-refractivity contribution is 8.13. The summed E-state index contributed by atoms with van der Waals surface area (Å²) in [5.74, 6) is -0.304.